The minimum Gasteiger partial charge on any atom is -0.450 e. The summed E-state index contributed by atoms with van der Waals surface area (Å²) in [4.78, 5) is 11.3. The molecular weight excluding hydrogens is 218 g/mol. The summed E-state index contributed by atoms with van der Waals surface area (Å²) in [5.74, 6) is 0. The minimum absolute atomic E-state index is 0.361. The van der Waals surface area contributed by atoms with Gasteiger partial charge in [0.2, 0.25) is 0 Å². The van der Waals surface area contributed by atoms with Gasteiger partial charge < -0.3 is 9.47 Å². The molecule has 1 rings (SSSR count). The Kier molecular flexibility index (Phi) is 6.10. The van der Waals surface area contributed by atoms with Crippen LogP contribution in [0, 0.1) is 0 Å². The average Bonchev–Trinajstić information content (AvgIpc) is 2.32. The maximum Gasteiger partial charge on any atom is 0.411 e. The first kappa shape index (κ1) is 13.5. The van der Waals surface area contributed by atoms with Gasteiger partial charge in [-0.15, -0.1) is 0 Å². The highest BCUT2D eigenvalue weighted by Gasteiger charge is 2.06. The van der Waals surface area contributed by atoms with E-state index in [1.165, 1.54) is 0 Å². The number of amides is 1. The second kappa shape index (κ2) is 7.68. The van der Waals surface area contributed by atoms with E-state index < -0.39 is 6.09 Å². The molecule has 0 heterocycles. The number of hydrogen-bond acceptors (Lipinski definition) is 3. The van der Waals surface area contributed by atoms with Crippen molar-refractivity contribution >= 4 is 11.8 Å². The molecule has 0 saturated carbocycles. The molecule has 0 fully saturated rings. The molecule has 0 atom stereocenters. The van der Waals surface area contributed by atoms with Crippen molar-refractivity contribution in [3.63, 3.8) is 0 Å². The van der Waals surface area contributed by atoms with E-state index in [1.54, 1.807) is 6.92 Å². The van der Waals surface area contributed by atoms with Crippen LogP contribution >= 0.6 is 0 Å². The first-order chi connectivity index (χ1) is 8.27. The number of benzene rings is 1. The summed E-state index contributed by atoms with van der Waals surface area (Å²) in [6.07, 6.45) is 0.545. The van der Waals surface area contributed by atoms with Crippen molar-refractivity contribution in [2.24, 2.45) is 0 Å². The summed E-state index contributed by atoms with van der Waals surface area (Å²) in [6, 6.07) is 7.55. The molecule has 1 N–H and O–H groups in total. The Balaban J connectivity index is 2.60. The minimum atomic E-state index is -0.435. The number of hydrogen-bond donors (Lipinski definition) is 1. The maximum atomic E-state index is 11.3. The van der Waals surface area contributed by atoms with E-state index >= 15 is 0 Å². The van der Waals surface area contributed by atoms with Crippen LogP contribution in [0.3, 0.4) is 0 Å². The topological polar surface area (TPSA) is 47.6 Å². The van der Waals surface area contributed by atoms with Crippen LogP contribution in [0.1, 0.15) is 25.8 Å². The molecule has 1 aromatic rings. The molecular formula is C13H19NO3. The zero-order chi connectivity index (χ0) is 12.5. The summed E-state index contributed by atoms with van der Waals surface area (Å²) in [6.45, 7) is 5.41. The van der Waals surface area contributed by atoms with E-state index in [0.717, 1.165) is 17.7 Å². The van der Waals surface area contributed by atoms with Crippen LogP contribution in [0.2, 0.25) is 0 Å². The Morgan fingerprint density at radius 3 is 2.76 bits per heavy atom. The van der Waals surface area contributed by atoms with E-state index in [1.807, 2.05) is 24.3 Å². The molecule has 0 saturated heterocycles. The Labute approximate surface area is 102 Å². The summed E-state index contributed by atoms with van der Waals surface area (Å²) in [7, 11) is 0. The van der Waals surface area contributed by atoms with Gasteiger partial charge in [-0.25, -0.2) is 4.79 Å². The summed E-state index contributed by atoms with van der Waals surface area (Å²) < 4.78 is 10.3. The summed E-state index contributed by atoms with van der Waals surface area (Å²) >= 11 is 0. The highest BCUT2D eigenvalue weighted by molar-refractivity contribution is 5.85. The lowest BCUT2D eigenvalue weighted by atomic mass is 10.2. The number of nitrogens with one attached hydrogen (secondary N) is 1. The van der Waals surface area contributed by atoms with Gasteiger partial charge in [0.15, 0.2) is 0 Å². The Hall–Kier alpha value is -1.55. The number of para-hydroxylation sites is 1. The molecule has 1 amide bonds. The van der Waals surface area contributed by atoms with Crippen LogP contribution in [0.5, 0.6) is 0 Å². The van der Waals surface area contributed by atoms with Crippen LogP contribution in [0.15, 0.2) is 24.3 Å². The Bertz CT molecular complexity index is 352. The van der Waals surface area contributed by atoms with Gasteiger partial charge in [-0.2, -0.15) is 0 Å². The molecule has 1 aromatic carbocycles. The lowest BCUT2D eigenvalue weighted by Crippen LogP contribution is -2.14. The van der Waals surface area contributed by atoms with Crippen LogP contribution in [0.25, 0.3) is 0 Å². The number of anilines is 1. The molecule has 4 nitrogen and oxygen atoms in total. The van der Waals surface area contributed by atoms with Gasteiger partial charge in [-0.3, -0.25) is 5.32 Å². The first-order valence-electron chi connectivity index (χ1n) is 5.87. The average molecular weight is 237 g/mol. The van der Waals surface area contributed by atoms with Crippen LogP contribution in [-0.2, 0) is 16.1 Å². The second-order valence-electron chi connectivity index (χ2n) is 3.56. The molecule has 0 aromatic heterocycles. The van der Waals surface area contributed by atoms with Gasteiger partial charge in [-0.05, 0) is 19.4 Å². The largest absolute Gasteiger partial charge is 0.450 e. The smallest absolute Gasteiger partial charge is 0.411 e. The number of carbonyl (C=O) groups is 1. The van der Waals surface area contributed by atoms with Gasteiger partial charge in [-0.1, -0.05) is 25.1 Å². The van der Waals surface area contributed by atoms with Crippen molar-refractivity contribution in [1.82, 2.24) is 0 Å². The number of rotatable bonds is 6. The SMILES string of the molecule is CCCOCc1ccccc1NC(=O)OCC. The fraction of sp³-hybridized carbons (Fsp3) is 0.462. The number of carbonyl (C=O) groups excluding carboxylic acids is 1. The summed E-state index contributed by atoms with van der Waals surface area (Å²) in [5, 5.41) is 2.70. The molecule has 0 aliphatic rings. The third kappa shape index (κ3) is 4.87. The lowest BCUT2D eigenvalue weighted by molar-refractivity contribution is 0.122. The Morgan fingerprint density at radius 1 is 1.29 bits per heavy atom. The van der Waals surface area contributed by atoms with Crippen molar-refractivity contribution in [3.05, 3.63) is 29.8 Å². The van der Waals surface area contributed by atoms with E-state index in [0.29, 0.717) is 19.8 Å². The van der Waals surface area contributed by atoms with E-state index in [2.05, 4.69) is 12.2 Å². The van der Waals surface area contributed by atoms with Crippen molar-refractivity contribution < 1.29 is 14.3 Å². The van der Waals surface area contributed by atoms with Crippen LogP contribution in [-0.4, -0.2) is 19.3 Å². The monoisotopic (exact) mass is 237 g/mol. The predicted octanol–water partition coefficient (Wildman–Crippen LogP) is 3.18. The van der Waals surface area contributed by atoms with Crippen LogP contribution in [0.4, 0.5) is 10.5 Å². The lowest BCUT2D eigenvalue weighted by Gasteiger charge is -2.10. The van der Waals surface area contributed by atoms with Gasteiger partial charge in [0, 0.05) is 17.9 Å². The van der Waals surface area contributed by atoms with Gasteiger partial charge >= 0.3 is 6.09 Å². The third-order valence-corrected chi connectivity index (χ3v) is 2.14. The third-order valence-electron chi connectivity index (χ3n) is 2.14. The molecule has 0 radical (unpaired) electrons. The highest BCUT2D eigenvalue weighted by Crippen LogP contribution is 2.16. The molecule has 4 heteroatoms. The van der Waals surface area contributed by atoms with E-state index in [4.69, 9.17) is 9.47 Å². The van der Waals surface area contributed by atoms with Crippen molar-refractivity contribution in [3.8, 4) is 0 Å². The van der Waals surface area contributed by atoms with Crippen molar-refractivity contribution in [2.75, 3.05) is 18.5 Å². The fourth-order valence-electron chi connectivity index (χ4n) is 1.37. The summed E-state index contributed by atoms with van der Waals surface area (Å²) in [5.41, 5.74) is 1.69. The molecule has 94 valence electrons. The van der Waals surface area contributed by atoms with Crippen molar-refractivity contribution in [1.29, 1.82) is 0 Å². The fourth-order valence-corrected chi connectivity index (χ4v) is 1.37. The van der Waals surface area contributed by atoms with Gasteiger partial charge in [0.05, 0.1) is 13.2 Å². The predicted molar refractivity (Wildman–Crippen MR) is 67.0 cm³/mol. The molecule has 0 spiro atoms. The van der Waals surface area contributed by atoms with Crippen LogP contribution < -0.4 is 5.32 Å². The highest BCUT2D eigenvalue weighted by atomic mass is 16.5. The van der Waals surface area contributed by atoms with Gasteiger partial charge in [0.1, 0.15) is 0 Å². The standard InChI is InChI=1S/C13H19NO3/c1-3-9-16-10-11-7-5-6-8-12(11)14-13(15)17-4-2/h5-8H,3-4,9-10H2,1-2H3,(H,14,15). The quantitative estimate of drug-likeness (QED) is 0.773. The maximum absolute atomic E-state index is 11.3. The Morgan fingerprint density at radius 2 is 2.06 bits per heavy atom. The normalized spacial score (nSPS) is 10.0. The zero-order valence-corrected chi connectivity index (χ0v) is 10.4. The molecule has 17 heavy (non-hydrogen) atoms. The zero-order valence-electron chi connectivity index (χ0n) is 10.4. The van der Waals surface area contributed by atoms with Crippen molar-refractivity contribution in [2.45, 2.75) is 26.9 Å². The molecule has 0 aliphatic carbocycles. The van der Waals surface area contributed by atoms with E-state index in [-0.39, 0.29) is 0 Å². The molecule has 0 aliphatic heterocycles. The van der Waals surface area contributed by atoms with E-state index in [9.17, 15) is 4.79 Å². The molecule has 0 unspecified atom stereocenters. The molecule has 0 bridgehead atoms. The number of ether oxygens (including phenoxy) is 2. The van der Waals surface area contributed by atoms with Gasteiger partial charge in [0.25, 0.3) is 0 Å². The first-order valence-corrected chi connectivity index (χ1v) is 5.87. The second-order valence-corrected chi connectivity index (χ2v) is 3.56.